The van der Waals surface area contributed by atoms with E-state index < -0.39 is 0 Å². The molecule has 0 amide bonds. The van der Waals surface area contributed by atoms with Gasteiger partial charge in [-0.05, 0) is 12.5 Å². The maximum atomic E-state index is 5.93. The Labute approximate surface area is 77.5 Å². The van der Waals surface area contributed by atoms with Crippen LogP contribution in [-0.2, 0) is 0 Å². The van der Waals surface area contributed by atoms with Gasteiger partial charge in [0.1, 0.15) is 0 Å². The van der Waals surface area contributed by atoms with E-state index >= 15 is 0 Å². The third-order valence-electron chi connectivity index (χ3n) is 2.27. The Balaban J connectivity index is 2.41. The van der Waals surface area contributed by atoms with E-state index in [0.29, 0.717) is 6.79 Å². The van der Waals surface area contributed by atoms with Crippen LogP contribution in [0.1, 0.15) is 24.9 Å². The zero-order chi connectivity index (χ0) is 9.26. The molecule has 1 heterocycles. The highest BCUT2D eigenvalue weighted by Crippen LogP contribution is 2.38. The van der Waals surface area contributed by atoms with Gasteiger partial charge in [0.15, 0.2) is 11.5 Å². The highest BCUT2D eigenvalue weighted by Gasteiger charge is 2.19. The summed E-state index contributed by atoms with van der Waals surface area (Å²) in [4.78, 5) is 0. The second-order valence-electron chi connectivity index (χ2n) is 3.10. The lowest BCUT2D eigenvalue weighted by Crippen LogP contribution is -2.09. The zero-order valence-corrected chi connectivity index (χ0v) is 7.62. The predicted octanol–water partition coefficient (Wildman–Crippen LogP) is 1.83. The molecule has 3 nitrogen and oxygen atoms in total. The van der Waals surface area contributed by atoms with Crippen LogP contribution in [0.25, 0.3) is 0 Å². The van der Waals surface area contributed by atoms with E-state index in [-0.39, 0.29) is 6.04 Å². The molecule has 0 spiro atoms. The molecule has 2 rings (SSSR count). The molecule has 0 saturated heterocycles. The van der Waals surface area contributed by atoms with E-state index in [1.54, 1.807) is 0 Å². The van der Waals surface area contributed by atoms with Crippen molar-refractivity contribution in [2.75, 3.05) is 6.79 Å². The molecule has 3 heteroatoms. The van der Waals surface area contributed by atoms with Crippen molar-refractivity contribution in [3.63, 3.8) is 0 Å². The minimum atomic E-state index is 0.0386. The van der Waals surface area contributed by atoms with Crippen molar-refractivity contribution in [3.8, 4) is 11.5 Å². The predicted molar refractivity (Wildman–Crippen MR) is 49.8 cm³/mol. The van der Waals surface area contributed by atoms with Crippen molar-refractivity contribution in [2.24, 2.45) is 5.73 Å². The topological polar surface area (TPSA) is 44.5 Å². The van der Waals surface area contributed by atoms with Crippen LogP contribution in [0.15, 0.2) is 18.2 Å². The highest BCUT2D eigenvalue weighted by atomic mass is 16.7. The first-order valence-corrected chi connectivity index (χ1v) is 4.47. The molecule has 2 N–H and O–H groups in total. The molecule has 0 aliphatic carbocycles. The van der Waals surface area contributed by atoms with E-state index in [1.165, 1.54) is 0 Å². The Kier molecular flexibility index (Phi) is 2.10. The van der Waals surface area contributed by atoms with Crippen molar-refractivity contribution in [1.82, 2.24) is 0 Å². The fourth-order valence-corrected chi connectivity index (χ4v) is 1.46. The summed E-state index contributed by atoms with van der Waals surface area (Å²) in [5.41, 5.74) is 6.97. The lowest BCUT2D eigenvalue weighted by Gasteiger charge is -2.11. The van der Waals surface area contributed by atoms with Crippen LogP contribution in [0, 0.1) is 0 Å². The molecule has 1 atom stereocenters. The number of hydrogen-bond acceptors (Lipinski definition) is 3. The van der Waals surface area contributed by atoms with Crippen LogP contribution >= 0.6 is 0 Å². The molecule has 1 unspecified atom stereocenters. The SMILES string of the molecule is CCC(N)c1cccc2c1OCO2. The van der Waals surface area contributed by atoms with Crippen molar-refractivity contribution in [1.29, 1.82) is 0 Å². The third kappa shape index (κ3) is 1.35. The minimum Gasteiger partial charge on any atom is -0.454 e. The molecule has 0 fully saturated rings. The second kappa shape index (κ2) is 3.26. The van der Waals surface area contributed by atoms with Crippen LogP contribution in [-0.4, -0.2) is 6.79 Å². The van der Waals surface area contributed by atoms with Gasteiger partial charge in [0.25, 0.3) is 0 Å². The van der Waals surface area contributed by atoms with E-state index in [0.717, 1.165) is 23.5 Å². The van der Waals surface area contributed by atoms with Gasteiger partial charge in [0.05, 0.1) is 0 Å². The Morgan fingerprint density at radius 3 is 3.08 bits per heavy atom. The fraction of sp³-hybridized carbons (Fsp3) is 0.400. The number of fused-ring (bicyclic) bond motifs is 1. The summed E-state index contributed by atoms with van der Waals surface area (Å²) in [6.45, 7) is 2.36. The summed E-state index contributed by atoms with van der Waals surface area (Å²) in [6.07, 6.45) is 0.903. The third-order valence-corrected chi connectivity index (χ3v) is 2.27. The van der Waals surface area contributed by atoms with Crippen LogP contribution in [0.5, 0.6) is 11.5 Å². The average Bonchev–Trinajstić information content (AvgIpc) is 2.63. The Bertz CT molecular complexity index is 312. The monoisotopic (exact) mass is 179 g/mol. The first-order chi connectivity index (χ1) is 6.33. The van der Waals surface area contributed by atoms with Gasteiger partial charge >= 0.3 is 0 Å². The molecule has 1 aliphatic heterocycles. The molecule has 0 radical (unpaired) electrons. The van der Waals surface area contributed by atoms with Crippen LogP contribution < -0.4 is 15.2 Å². The zero-order valence-electron chi connectivity index (χ0n) is 7.62. The fourth-order valence-electron chi connectivity index (χ4n) is 1.46. The minimum absolute atomic E-state index is 0.0386. The summed E-state index contributed by atoms with van der Waals surface area (Å²) in [7, 11) is 0. The maximum Gasteiger partial charge on any atom is 0.231 e. The summed E-state index contributed by atoms with van der Waals surface area (Å²) in [5.74, 6) is 1.62. The van der Waals surface area contributed by atoms with Gasteiger partial charge in [0, 0.05) is 11.6 Å². The first-order valence-electron chi connectivity index (χ1n) is 4.47. The van der Waals surface area contributed by atoms with E-state index in [1.807, 2.05) is 18.2 Å². The Hall–Kier alpha value is -1.22. The number of ether oxygens (including phenoxy) is 2. The van der Waals surface area contributed by atoms with Gasteiger partial charge in [-0.2, -0.15) is 0 Å². The van der Waals surface area contributed by atoms with Crippen molar-refractivity contribution >= 4 is 0 Å². The van der Waals surface area contributed by atoms with Gasteiger partial charge in [-0.15, -0.1) is 0 Å². The van der Waals surface area contributed by atoms with Crippen LogP contribution in [0.4, 0.5) is 0 Å². The molecule has 0 saturated carbocycles. The smallest absolute Gasteiger partial charge is 0.231 e. The van der Waals surface area contributed by atoms with Crippen molar-refractivity contribution < 1.29 is 9.47 Å². The van der Waals surface area contributed by atoms with Crippen molar-refractivity contribution in [2.45, 2.75) is 19.4 Å². The molecule has 1 aromatic rings. The van der Waals surface area contributed by atoms with Crippen LogP contribution in [0.2, 0.25) is 0 Å². The van der Waals surface area contributed by atoms with Gasteiger partial charge in [-0.25, -0.2) is 0 Å². The summed E-state index contributed by atoms with van der Waals surface area (Å²) in [5, 5.41) is 0. The molecule has 1 aromatic carbocycles. The van der Waals surface area contributed by atoms with Gasteiger partial charge in [-0.3, -0.25) is 0 Å². The van der Waals surface area contributed by atoms with E-state index in [4.69, 9.17) is 15.2 Å². The molecule has 1 aliphatic rings. The van der Waals surface area contributed by atoms with Gasteiger partial charge in [0.2, 0.25) is 6.79 Å². The van der Waals surface area contributed by atoms with Crippen molar-refractivity contribution in [3.05, 3.63) is 23.8 Å². The standard InChI is InChI=1S/C10H13NO2/c1-2-8(11)7-4-3-5-9-10(7)13-6-12-9/h3-5,8H,2,6,11H2,1H3. The molecule has 0 bridgehead atoms. The van der Waals surface area contributed by atoms with Gasteiger partial charge in [-0.1, -0.05) is 19.1 Å². The largest absolute Gasteiger partial charge is 0.454 e. The lowest BCUT2D eigenvalue weighted by atomic mass is 10.0. The highest BCUT2D eigenvalue weighted by molar-refractivity contribution is 5.49. The van der Waals surface area contributed by atoms with Crippen LogP contribution in [0.3, 0.4) is 0 Å². The van der Waals surface area contributed by atoms with E-state index in [9.17, 15) is 0 Å². The quantitative estimate of drug-likeness (QED) is 0.753. The van der Waals surface area contributed by atoms with E-state index in [2.05, 4.69) is 6.92 Å². The number of para-hydroxylation sites is 1. The molecule has 0 aromatic heterocycles. The molecular weight excluding hydrogens is 166 g/mol. The Morgan fingerprint density at radius 2 is 2.31 bits per heavy atom. The number of benzene rings is 1. The molecule has 13 heavy (non-hydrogen) atoms. The first kappa shape index (κ1) is 8.38. The normalized spacial score (nSPS) is 15.8. The molecular formula is C10H13NO2. The summed E-state index contributed by atoms with van der Waals surface area (Å²) >= 11 is 0. The number of rotatable bonds is 2. The molecule has 70 valence electrons. The maximum absolute atomic E-state index is 5.93. The summed E-state index contributed by atoms with van der Waals surface area (Å²) < 4.78 is 10.6. The number of nitrogens with two attached hydrogens (primary N) is 1. The van der Waals surface area contributed by atoms with Gasteiger partial charge < -0.3 is 15.2 Å². The summed E-state index contributed by atoms with van der Waals surface area (Å²) in [6, 6.07) is 5.87. The average molecular weight is 179 g/mol. The lowest BCUT2D eigenvalue weighted by molar-refractivity contribution is 0.173. The Morgan fingerprint density at radius 1 is 1.46 bits per heavy atom. The second-order valence-corrected chi connectivity index (χ2v) is 3.10. The number of hydrogen-bond donors (Lipinski definition) is 1.